The Morgan fingerprint density at radius 2 is 1.97 bits per heavy atom. The number of thioether (sulfide) groups is 1. The number of morpholine rings is 1. The van der Waals surface area contributed by atoms with E-state index in [1.165, 1.54) is 6.07 Å². The topological polar surface area (TPSA) is 89.7 Å². The molecular weight excluding hydrogens is 473 g/mol. The van der Waals surface area contributed by atoms with E-state index in [2.05, 4.69) is 15.5 Å². The molecule has 1 amide bonds. The van der Waals surface area contributed by atoms with Crippen LogP contribution in [0.4, 0.5) is 24.5 Å². The van der Waals surface area contributed by atoms with Gasteiger partial charge in [-0.1, -0.05) is 17.8 Å². The molecule has 1 aliphatic heterocycles. The molecule has 2 aromatic carbocycles. The molecule has 8 nitrogen and oxygen atoms in total. The molecule has 1 aromatic heterocycles. The van der Waals surface area contributed by atoms with Crippen LogP contribution in [0.25, 0.3) is 11.5 Å². The van der Waals surface area contributed by atoms with Gasteiger partial charge in [0.1, 0.15) is 5.75 Å². The highest BCUT2D eigenvalue weighted by atomic mass is 32.2. The Morgan fingerprint density at radius 3 is 2.71 bits per heavy atom. The quantitative estimate of drug-likeness (QED) is 0.486. The van der Waals surface area contributed by atoms with Gasteiger partial charge in [0.15, 0.2) is 0 Å². The average molecular weight is 494 g/mol. The van der Waals surface area contributed by atoms with E-state index in [0.717, 1.165) is 23.9 Å². The number of alkyl halides is 3. The fourth-order valence-corrected chi connectivity index (χ4v) is 3.90. The third-order valence-electron chi connectivity index (χ3n) is 5.00. The smallest absolute Gasteiger partial charge is 0.416 e. The summed E-state index contributed by atoms with van der Waals surface area (Å²) in [4.78, 5) is 14.3. The molecule has 1 N–H and O–H groups in total. The first-order chi connectivity index (χ1) is 16.3. The van der Waals surface area contributed by atoms with Crippen LogP contribution < -0.4 is 15.0 Å². The van der Waals surface area contributed by atoms with Crippen LogP contribution >= 0.6 is 11.8 Å². The van der Waals surface area contributed by atoms with E-state index in [1.807, 2.05) is 0 Å². The first-order valence-corrected chi connectivity index (χ1v) is 11.3. The van der Waals surface area contributed by atoms with Crippen molar-refractivity contribution in [3.05, 3.63) is 48.0 Å². The van der Waals surface area contributed by atoms with Crippen LogP contribution in [0, 0.1) is 0 Å². The molecule has 12 heteroatoms. The molecule has 1 fully saturated rings. The molecule has 0 aliphatic carbocycles. The lowest BCUT2D eigenvalue weighted by Crippen LogP contribution is -2.37. The fraction of sp³-hybridized carbons (Fsp3) is 0.318. The second-order valence-electron chi connectivity index (χ2n) is 7.27. The maximum Gasteiger partial charge on any atom is 0.416 e. The second kappa shape index (κ2) is 10.3. The first-order valence-electron chi connectivity index (χ1n) is 10.3. The van der Waals surface area contributed by atoms with Gasteiger partial charge in [0.05, 0.1) is 43.0 Å². The van der Waals surface area contributed by atoms with Gasteiger partial charge in [0, 0.05) is 18.7 Å². The van der Waals surface area contributed by atoms with Gasteiger partial charge in [-0.25, -0.2) is 0 Å². The zero-order valence-electron chi connectivity index (χ0n) is 18.1. The number of aromatic nitrogens is 2. The van der Waals surface area contributed by atoms with Crippen molar-refractivity contribution >= 4 is 29.0 Å². The van der Waals surface area contributed by atoms with Crippen molar-refractivity contribution in [2.24, 2.45) is 0 Å². The lowest BCUT2D eigenvalue weighted by atomic mass is 10.1. The van der Waals surface area contributed by atoms with Gasteiger partial charge in [-0.2, -0.15) is 13.2 Å². The number of halogens is 3. The summed E-state index contributed by atoms with van der Waals surface area (Å²) in [6, 6.07) is 10.4. The minimum atomic E-state index is -4.49. The standard InChI is InChI=1S/C22H21F3N4O4S/c1-31-16-4-2-3-14(11-16)20-27-28-21(33-20)34-13-19(30)26-17-6-5-15(22(23,24)25)12-18(17)29-7-9-32-10-8-29/h2-6,11-12H,7-10,13H2,1H3,(H,26,30). The first kappa shape index (κ1) is 23.9. The van der Waals surface area contributed by atoms with Gasteiger partial charge in [0.2, 0.25) is 11.8 Å². The highest BCUT2D eigenvalue weighted by molar-refractivity contribution is 7.99. The number of carbonyl (C=O) groups excluding carboxylic acids is 1. The van der Waals surface area contributed by atoms with Crippen molar-refractivity contribution < 1.29 is 31.9 Å². The summed E-state index contributed by atoms with van der Waals surface area (Å²) in [6.45, 7) is 1.64. The number of methoxy groups -OCH3 is 1. The van der Waals surface area contributed by atoms with E-state index in [0.29, 0.717) is 49.0 Å². The molecule has 180 valence electrons. The summed E-state index contributed by atoms with van der Waals surface area (Å²) < 4.78 is 55.8. The molecule has 0 saturated carbocycles. The Hall–Kier alpha value is -3.25. The number of nitrogens with one attached hydrogen (secondary N) is 1. The van der Waals surface area contributed by atoms with E-state index < -0.39 is 17.6 Å². The summed E-state index contributed by atoms with van der Waals surface area (Å²) in [7, 11) is 1.55. The number of ether oxygens (including phenoxy) is 2. The van der Waals surface area contributed by atoms with Crippen LogP contribution in [0.3, 0.4) is 0 Å². The van der Waals surface area contributed by atoms with Gasteiger partial charge in [-0.05, 0) is 36.4 Å². The second-order valence-corrected chi connectivity index (χ2v) is 8.20. The van der Waals surface area contributed by atoms with Crippen molar-refractivity contribution in [1.82, 2.24) is 10.2 Å². The SMILES string of the molecule is COc1cccc(-c2nnc(SCC(=O)Nc3ccc(C(F)(F)F)cc3N3CCOCC3)o2)c1. The van der Waals surface area contributed by atoms with E-state index in [9.17, 15) is 18.0 Å². The fourth-order valence-electron chi connectivity index (χ4n) is 3.33. The Morgan fingerprint density at radius 1 is 1.18 bits per heavy atom. The summed E-state index contributed by atoms with van der Waals surface area (Å²) in [6.07, 6.45) is -4.49. The monoisotopic (exact) mass is 494 g/mol. The Kier molecular flexibility index (Phi) is 7.27. The molecule has 0 unspecified atom stereocenters. The van der Waals surface area contributed by atoms with Crippen molar-refractivity contribution in [1.29, 1.82) is 0 Å². The van der Waals surface area contributed by atoms with Gasteiger partial charge in [0.25, 0.3) is 5.22 Å². The molecule has 0 atom stereocenters. The van der Waals surface area contributed by atoms with Crippen LogP contribution in [-0.4, -0.2) is 55.3 Å². The number of benzene rings is 2. The van der Waals surface area contributed by atoms with E-state index in [1.54, 1.807) is 36.3 Å². The van der Waals surface area contributed by atoms with Crippen LogP contribution in [0.5, 0.6) is 5.75 Å². The van der Waals surface area contributed by atoms with Gasteiger partial charge in [-0.3, -0.25) is 4.79 Å². The zero-order valence-corrected chi connectivity index (χ0v) is 18.9. The molecule has 0 radical (unpaired) electrons. The van der Waals surface area contributed by atoms with Crippen molar-refractivity contribution in [2.45, 2.75) is 11.4 Å². The molecular formula is C22H21F3N4O4S. The van der Waals surface area contributed by atoms with Crippen molar-refractivity contribution in [2.75, 3.05) is 49.4 Å². The number of amides is 1. The summed E-state index contributed by atoms with van der Waals surface area (Å²) in [5.41, 5.74) is 0.484. The highest BCUT2D eigenvalue weighted by Crippen LogP contribution is 2.36. The molecule has 4 rings (SSSR count). The molecule has 0 bridgehead atoms. The molecule has 34 heavy (non-hydrogen) atoms. The number of carbonyl (C=O) groups is 1. The zero-order chi connectivity index (χ0) is 24.1. The molecule has 1 saturated heterocycles. The number of nitrogens with zero attached hydrogens (tertiary/aromatic N) is 3. The number of hydrogen-bond acceptors (Lipinski definition) is 8. The lowest BCUT2D eigenvalue weighted by molar-refractivity contribution is -0.137. The number of anilines is 2. The summed E-state index contributed by atoms with van der Waals surface area (Å²) in [5.74, 6) is 0.431. The third kappa shape index (κ3) is 5.81. The van der Waals surface area contributed by atoms with Gasteiger partial charge < -0.3 is 24.1 Å². The van der Waals surface area contributed by atoms with Crippen molar-refractivity contribution in [3.63, 3.8) is 0 Å². The normalized spacial score (nSPS) is 14.2. The Labute approximate surface area is 197 Å². The molecule has 1 aliphatic rings. The Balaban J connectivity index is 1.43. The molecule has 2 heterocycles. The third-order valence-corrected chi connectivity index (χ3v) is 5.82. The minimum Gasteiger partial charge on any atom is -0.497 e. The van der Waals surface area contributed by atoms with Crippen LogP contribution in [0.15, 0.2) is 52.1 Å². The largest absolute Gasteiger partial charge is 0.497 e. The van der Waals surface area contributed by atoms with Crippen molar-refractivity contribution in [3.8, 4) is 17.2 Å². The van der Waals surface area contributed by atoms with Crippen LogP contribution in [-0.2, 0) is 15.7 Å². The van der Waals surface area contributed by atoms with Gasteiger partial charge in [-0.15, -0.1) is 10.2 Å². The van der Waals surface area contributed by atoms with E-state index >= 15 is 0 Å². The van der Waals surface area contributed by atoms with E-state index in [-0.39, 0.29) is 16.9 Å². The number of rotatable bonds is 7. The minimum absolute atomic E-state index is 0.0662. The summed E-state index contributed by atoms with van der Waals surface area (Å²) >= 11 is 1.02. The summed E-state index contributed by atoms with van der Waals surface area (Å²) in [5, 5.41) is 10.8. The molecule has 0 spiro atoms. The van der Waals surface area contributed by atoms with Crippen LogP contribution in [0.2, 0.25) is 0 Å². The molecule has 3 aromatic rings. The Bertz CT molecular complexity index is 1150. The highest BCUT2D eigenvalue weighted by Gasteiger charge is 2.32. The maximum absolute atomic E-state index is 13.2. The average Bonchev–Trinajstić information content (AvgIpc) is 3.32. The maximum atomic E-state index is 13.2. The van der Waals surface area contributed by atoms with Gasteiger partial charge >= 0.3 is 6.18 Å². The lowest BCUT2D eigenvalue weighted by Gasteiger charge is -2.31. The number of hydrogen-bond donors (Lipinski definition) is 1. The predicted molar refractivity (Wildman–Crippen MR) is 120 cm³/mol. The van der Waals surface area contributed by atoms with Crippen LogP contribution in [0.1, 0.15) is 5.56 Å². The van der Waals surface area contributed by atoms with E-state index in [4.69, 9.17) is 13.9 Å². The predicted octanol–water partition coefficient (Wildman–Crippen LogP) is 4.33.